The van der Waals surface area contributed by atoms with Crippen molar-refractivity contribution in [3.05, 3.63) is 10.5 Å². The fourth-order valence-corrected chi connectivity index (χ4v) is 3.32. The molecule has 1 aliphatic rings. The van der Waals surface area contributed by atoms with Gasteiger partial charge in [0.2, 0.25) is 0 Å². The van der Waals surface area contributed by atoms with E-state index in [-0.39, 0.29) is 0 Å². The fourth-order valence-electron chi connectivity index (χ4n) is 2.33. The quantitative estimate of drug-likeness (QED) is 0.790. The van der Waals surface area contributed by atoms with Gasteiger partial charge in [-0.3, -0.25) is 0 Å². The van der Waals surface area contributed by atoms with Gasteiger partial charge < -0.3 is 4.90 Å². The van der Waals surface area contributed by atoms with Crippen molar-refractivity contribution >= 4 is 28.1 Å². The van der Waals surface area contributed by atoms with E-state index in [9.17, 15) is 0 Å². The maximum atomic E-state index is 5.86. The zero-order valence-electron chi connectivity index (χ0n) is 10.2. The van der Waals surface area contributed by atoms with Crippen LogP contribution in [0.4, 0.5) is 5.13 Å². The Morgan fingerprint density at radius 3 is 2.56 bits per heavy atom. The molecule has 16 heavy (non-hydrogen) atoms. The minimum Gasteiger partial charge on any atom is -0.348 e. The average Bonchev–Trinajstić information content (AvgIpc) is 2.64. The Balaban J connectivity index is 1.99. The third kappa shape index (κ3) is 2.69. The van der Waals surface area contributed by atoms with Gasteiger partial charge in [-0.1, -0.05) is 25.4 Å². The zero-order chi connectivity index (χ0) is 11.8. The Bertz CT molecular complexity index is 352. The molecule has 1 aromatic rings. The number of rotatable bonds is 2. The summed E-state index contributed by atoms with van der Waals surface area (Å²) in [7, 11) is 2.14. The van der Waals surface area contributed by atoms with Crippen LogP contribution in [0.2, 0.25) is 5.15 Å². The van der Waals surface area contributed by atoms with Crippen LogP contribution in [-0.4, -0.2) is 18.1 Å². The highest BCUT2D eigenvalue weighted by Gasteiger charge is 2.29. The van der Waals surface area contributed by atoms with Crippen LogP contribution in [0.1, 0.15) is 39.5 Å². The van der Waals surface area contributed by atoms with Crippen LogP contribution in [0.3, 0.4) is 0 Å². The Morgan fingerprint density at radius 2 is 2.06 bits per heavy atom. The molecule has 1 saturated carbocycles. The largest absolute Gasteiger partial charge is 0.348 e. The molecule has 1 aromatic heterocycles. The van der Waals surface area contributed by atoms with Gasteiger partial charge in [0, 0.05) is 18.5 Å². The highest BCUT2D eigenvalue weighted by atomic mass is 35.5. The van der Waals surface area contributed by atoms with E-state index < -0.39 is 0 Å². The third-order valence-electron chi connectivity index (χ3n) is 3.62. The highest BCUT2D eigenvalue weighted by Crippen LogP contribution is 2.38. The van der Waals surface area contributed by atoms with Crippen molar-refractivity contribution < 1.29 is 0 Å². The molecule has 1 aliphatic carbocycles. The number of hydrogen-bond donors (Lipinski definition) is 0. The van der Waals surface area contributed by atoms with E-state index in [0.29, 0.717) is 16.6 Å². The Labute approximate surface area is 107 Å². The van der Waals surface area contributed by atoms with Crippen molar-refractivity contribution in [2.75, 3.05) is 11.9 Å². The first-order valence-electron chi connectivity index (χ1n) is 5.82. The average molecular weight is 259 g/mol. The topological polar surface area (TPSA) is 16.1 Å². The first-order chi connectivity index (χ1) is 7.48. The van der Waals surface area contributed by atoms with Crippen molar-refractivity contribution in [3.63, 3.8) is 0 Å². The lowest BCUT2D eigenvalue weighted by Gasteiger charge is -2.38. The lowest BCUT2D eigenvalue weighted by molar-refractivity contribution is 0.222. The van der Waals surface area contributed by atoms with Gasteiger partial charge in [0.25, 0.3) is 0 Å². The van der Waals surface area contributed by atoms with Gasteiger partial charge in [-0.15, -0.1) is 11.3 Å². The Hall–Kier alpha value is -0.280. The normalized spacial score (nSPS) is 21.0. The SMILES string of the molecule is CN(c1nc(Cl)cs1)C1CCC(C)(C)CC1. The van der Waals surface area contributed by atoms with E-state index in [1.807, 2.05) is 5.38 Å². The molecule has 1 fully saturated rings. The summed E-state index contributed by atoms with van der Waals surface area (Å²) in [5.41, 5.74) is 0.526. The number of aromatic nitrogens is 1. The van der Waals surface area contributed by atoms with E-state index in [2.05, 4.69) is 30.8 Å². The molecular formula is C12H19ClN2S. The third-order valence-corrected chi connectivity index (χ3v) is 4.88. The second-order valence-corrected chi connectivity index (χ2v) is 6.68. The number of nitrogens with zero attached hydrogens (tertiary/aromatic N) is 2. The molecule has 1 heterocycles. The minimum absolute atomic E-state index is 0.526. The first-order valence-corrected chi connectivity index (χ1v) is 7.07. The van der Waals surface area contributed by atoms with Crippen LogP contribution >= 0.6 is 22.9 Å². The molecule has 0 amide bonds. The first kappa shape index (κ1) is 12.2. The fraction of sp³-hybridized carbons (Fsp3) is 0.750. The van der Waals surface area contributed by atoms with Gasteiger partial charge >= 0.3 is 0 Å². The number of anilines is 1. The lowest BCUT2D eigenvalue weighted by atomic mass is 9.75. The van der Waals surface area contributed by atoms with E-state index in [4.69, 9.17) is 11.6 Å². The molecule has 0 N–H and O–H groups in total. The molecule has 4 heteroatoms. The molecule has 0 bridgehead atoms. The molecule has 0 spiro atoms. The number of thiazole rings is 1. The summed E-state index contributed by atoms with van der Waals surface area (Å²) >= 11 is 7.50. The lowest BCUT2D eigenvalue weighted by Crippen LogP contribution is -2.37. The van der Waals surface area contributed by atoms with E-state index in [1.165, 1.54) is 25.7 Å². The van der Waals surface area contributed by atoms with Gasteiger partial charge in [0.15, 0.2) is 5.13 Å². The summed E-state index contributed by atoms with van der Waals surface area (Å²) in [6.45, 7) is 4.73. The van der Waals surface area contributed by atoms with Gasteiger partial charge in [-0.05, 0) is 31.1 Å². The van der Waals surface area contributed by atoms with Crippen LogP contribution < -0.4 is 4.90 Å². The van der Waals surface area contributed by atoms with Crippen molar-refractivity contribution in [2.24, 2.45) is 5.41 Å². The van der Waals surface area contributed by atoms with Crippen molar-refractivity contribution in [2.45, 2.75) is 45.6 Å². The predicted octanol–water partition coefficient (Wildman–Crippen LogP) is 4.20. The summed E-state index contributed by atoms with van der Waals surface area (Å²) in [6.07, 6.45) is 5.14. The summed E-state index contributed by atoms with van der Waals surface area (Å²) < 4.78 is 0. The summed E-state index contributed by atoms with van der Waals surface area (Å²) in [5, 5.41) is 3.57. The molecule has 0 atom stereocenters. The van der Waals surface area contributed by atoms with Crippen LogP contribution in [0, 0.1) is 5.41 Å². The van der Waals surface area contributed by atoms with Crippen LogP contribution in [-0.2, 0) is 0 Å². The maximum absolute atomic E-state index is 5.86. The van der Waals surface area contributed by atoms with E-state index in [1.54, 1.807) is 11.3 Å². The molecule has 0 unspecified atom stereocenters. The van der Waals surface area contributed by atoms with Gasteiger partial charge in [-0.25, -0.2) is 4.98 Å². The van der Waals surface area contributed by atoms with Crippen LogP contribution in [0.5, 0.6) is 0 Å². The van der Waals surface area contributed by atoms with Crippen molar-refractivity contribution in [1.29, 1.82) is 0 Å². The molecule has 0 aliphatic heterocycles. The van der Waals surface area contributed by atoms with Crippen molar-refractivity contribution in [3.8, 4) is 0 Å². The Kier molecular flexibility index (Phi) is 3.45. The van der Waals surface area contributed by atoms with Gasteiger partial charge in [0.1, 0.15) is 5.15 Å². The number of halogens is 1. The molecule has 0 aromatic carbocycles. The van der Waals surface area contributed by atoms with Gasteiger partial charge in [0.05, 0.1) is 0 Å². The zero-order valence-corrected chi connectivity index (χ0v) is 11.7. The standard InChI is InChI=1S/C12H19ClN2S/c1-12(2)6-4-9(5-7-12)15(3)11-14-10(13)8-16-11/h8-9H,4-7H2,1-3H3. The van der Waals surface area contributed by atoms with Crippen LogP contribution in [0.25, 0.3) is 0 Å². The summed E-state index contributed by atoms with van der Waals surface area (Å²) in [5.74, 6) is 0. The predicted molar refractivity (Wildman–Crippen MR) is 71.6 cm³/mol. The molecule has 2 rings (SSSR count). The molecule has 0 saturated heterocycles. The molecular weight excluding hydrogens is 240 g/mol. The van der Waals surface area contributed by atoms with Crippen LogP contribution in [0.15, 0.2) is 5.38 Å². The minimum atomic E-state index is 0.526. The molecule has 90 valence electrons. The summed E-state index contributed by atoms with van der Waals surface area (Å²) in [4.78, 5) is 6.63. The molecule has 2 nitrogen and oxygen atoms in total. The molecule has 0 radical (unpaired) electrons. The van der Waals surface area contributed by atoms with Crippen molar-refractivity contribution in [1.82, 2.24) is 4.98 Å². The van der Waals surface area contributed by atoms with E-state index in [0.717, 1.165) is 5.13 Å². The second-order valence-electron chi connectivity index (χ2n) is 5.46. The maximum Gasteiger partial charge on any atom is 0.186 e. The van der Waals surface area contributed by atoms with Gasteiger partial charge in [-0.2, -0.15) is 0 Å². The number of hydrogen-bond acceptors (Lipinski definition) is 3. The Morgan fingerprint density at radius 1 is 1.44 bits per heavy atom. The highest BCUT2D eigenvalue weighted by molar-refractivity contribution is 7.14. The second kappa shape index (κ2) is 4.53. The van der Waals surface area contributed by atoms with E-state index >= 15 is 0 Å². The summed E-state index contributed by atoms with van der Waals surface area (Å²) in [6, 6.07) is 0.634. The monoisotopic (exact) mass is 258 g/mol. The smallest absolute Gasteiger partial charge is 0.186 e.